The molecular formula is C31H26F6N6O5S2. The van der Waals surface area contributed by atoms with E-state index in [1.807, 2.05) is 6.92 Å². The monoisotopic (exact) mass is 740 g/mol. The van der Waals surface area contributed by atoms with Gasteiger partial charge in [0.15, 0.2) is 10.3 Å². The van der Waals surface area contributed by atoms with Crippen LogP contribution in [-0.2, 0) is 22.3 Å². The van der Waals surface area contributed by atoms with Crippen molar-refractivity contribution in [3.63, 3.8) is 0 Å². The molecule has 0 spiro atoms. The fourth-order valence-electron chi connectivity index (χ4n) is 4.43. The van der Waals surface area contributed by atoms with Gasteiger partial charge >= 0.3 is 12.7 Å². The average molecular weight is 741 g/mol. The van der Waals surface area contributed by atoms with Crippen LogP contribution in [0.2, 0.25) is 0 Å². The lowest BCUT2D eigenvalue weighted by Gasteiger charge is -2.08. The molecular weight excluding hydrogens is 714 g/mol. The summed E-state index contributed by atoms with van der Waals surface area (Å²) >= 11 is 1.40. The Balaban J connectivity index is 0.000000194. The number of methoxy groups -OCH3 is 2. The Hall–Kier alpha value is -5.04. The maximum atomic E-state index is 12.4. The molecule has 0 saturated heterocycles. The normalized spacial score (nSPS) is 12.3. The second-order valence-electron chi connectivity index (χ2n) is 10.1. The number of fused-ring (bicyclic) bond motifs is 2. The Morgan fingerprint density at radius 1 is 0.760 bits per heavy atom. The van der Waals surface area contributed by atoms with E-state index in [1.165, 1.54) is 49.3 Å². The first-order valence-electron chi connectivity index (χ1n) is 14.2. The van der Waals surface area contributed by atoms with Crippen LogP contribution in [0.25, 0.3) is 22.1 Å². The zero-order valence-corrected chi connectivity index (χ0v) is 27.8. The van der Waals surface area contributed by atoms with Crippen molar-refractivity contribution in [1.82, 2.24) is 29.9 Å². The number of imidazole rings is 2. The van der Waals surface area contributed by atoms with Gasteiger partial charge in [0.2, 0.25) is 0 Å². The van der Waals surface area contributed by atoms with Crippen molar-refractivity contribution in [2.75, 3.05) is 14.2 Å². The summed E-state index contributed by atoms with van der Waals surface area (Å²) in [6.07, 6.45) is -6.30. The first-order valence-corrected chi connectivity index (χ1v) is 16.5. The van der Waals surface area contributed by atoms with Crippen molar-refractivity contribution in [1.29, 1.82) is 0 Å². The molecule has 4 heterocycles. The van der Waals surface area contributed by atoms with Gasteiger partial charge in [-0.15, -0.1) is 26.3 Å². The van der Waals surface area contributed by atoms with Gasteiger partial charge in [0.05, 0.1) is 64.2 Å². The summed E-state index contributed by atoms with van der Waals surface area (Å²) in [6, 6.07) is 12.7. The van der Waals surface area contributed by atoms with Crippen LogP contribution in [0.1, 0.15) is 17.0 Å². The molecule has 1 atom stereocenters. The molecule has 1 unspecified atom stereocenters. The molecule has 0 radical (unpaired) electrons. The van der Waals surface area contributed by atoms with Gasteiger partial charge in [0.25, 0.3) is 0 Å². The summed E-state index contributed by atoms with van der Waals surface area (Å²) in [6.45, 7) is 1.92. The molecule has 19 heteroatoms. The summed E-state index contributed by atoms with van der Waals surface area (Å²) in [4.78, 5) is 22.6. The second kappa shape index (κ2) is 15.2. The largest absolute Gasteiger partial charge is 0.573 e. The Morgan fingerprint density at radius 2 is 1.38 bits per heavy atom. The minimum Gasteiger partial charge on any atom is -0.497 e. The van der Waals surface area contributed by atoms with Crippen LogP contribution in [0.4, 0.5) is 26.3 Å². The van der Waals surface area contributed by atoms with E-state index < -0.39 is 23.5 Å². The number of ether oxygens (including phenoxy) is 4. The minimum absolute atomic E-state index is 0.0862. The lowest BCUT2D eigenvalue weighted by atomic mass is 10.2. The standard InChI is InChI=1S/C16H14F3N3O2S.C15H12F3N3O3S/c1-9-13(20-6-5-14(9)23-2)8-25-15-21-11-4-3-10(7-12(11)22-15)24-16(17,18)19;1-23-10-4-5-19-9(6-10)8-25(22)14-20-12-3-2-11(7-13(12)21-14)24-15(16,17)18/h3-7H,8H2,1-2H3,(H,21,22);2-7H,8H2,1H3,(H,20,21). The molecule has 11 nitrogen and oxygen atoms in total. The maximum absolute atomic E-state index is 12.4. The van der Waals surface area contributed by atoms with Gasteiger partial charge in [0.1, 0.15) is 23.0 Å². The third-order valence-corrected chi connectivity index (χ3v) is 8.74. The van der Waals surface area contributed by atoms with Crippen LogP contribution in [-0.4, -0.2) is 61.1 Å². The maximum Gasteiger partial charge on any atom is 0.573 e. The molecule has 0 fully saturated rings. The number of halogens is 6. The Kier molecular flexibility index (Phi) is 11.0. The summed E-state index contributed by atoms with van der Waals surface area (Å²) in [5.41, 5.74) is 4.05. The molecule has 264 valence electrons. The van der Waals surface area contributed by atoms with E-state index in [-0.39, 0.29) is 22.4 Å². The summed E-state index contributed by atoms with van der Waals surface area (Å²) in [7, 11) is 1.56. The number of hydrogen-bond donors (Lipinski definition) is 2. The number of rotatable bonds is 10. The van der Waals surface area contributed by atoms with Gasteiger partial charge in [-0.3, -0.25) is 14.2 Å². The van der Waals surface area contributed by atoms with Gasteiger partial charge in [-0.05, 0) is 43.3 Å². The number of aromatic amines is 2. The lowest BCUT2D eigenvalue weighted by molar-refractivity contribution is -0.275. The fraction of sp³-hybridized carbons (Fsp3) is 0.226. The Bertz CT molecular complexity index is 2120. The lowest BCUT2D eigenvalue weighted by Crippen LogP contribution is -2.16. The highest BCUT2D eigenvalue weighted by Crippen LogP contribution is 2.30. The third-order valence-electron chi connectivity index (χ3n) is 6.67. The SMILES string of the molecule is COc1ccnc(CS(=O)c2nc3ccc(OC(F)(F)F)cc3[nH]2)c1.COc1ccnc(CSc2nc3ccc(OC(F)(F)F)cc3[nH]2)c1C. The molecule has 4 aromatic heterocycles. The smallest absolute Gasteiger partial charge is 0.497 e. The molecule has 0 aliphatic heterocycles. The molecule has 6 aromatic rings. The van der Waals surface area contributed by atoms with E-state index in [0.717, 1.165) is 29.1 Å². The van der Waals surface area contributed by atoms with E-state index in [1.54, 1.807) is 31.5 Å². The number of hydrogen-bond acceptors (Lipinski definition) is 10. The quantitative estimate of drug-likeness (QED) is 0.107. The Labute approximate surface area is 286 Å². The minimum atomic E-state index is -4.78. The molecule has 50 heavy (non-hydrogen) atoms. The van der Waals surface area contributed by atoms with Crippen molar-refractivity contribution in [2.24, 2.45) is 0 Å². The number of H-pyrrole nitrogens is 2. The zero-order chi connectivity index (χ0) is 36.1. The number of pyridine rings is 2. The number of nitrogens with zero attached hydrogens (tertiary/aromatic N) is 4. The topological polar surface area (TPSA) is 137 Å². The molecule has 6 rings (SSSR count). The van der Waals surface area contributed by atoms with Gasteiger partial charge in [0, 0.05) is 41.9 Å². The van der Waals surface area contributed by atoms with Crippen LogP contribution in [0.5, 0.6) is 23.0 Å². The molecule has 0 saturated carbocycles. The zero-order valence-electron chi connectivity index (χ0n) is 26.2. The van der Waals surface area contributed by atoms with Crippen LogP contribution in [0.15, 0.2) is 77.3 Å². The third kappa shape index (κ3) is 9.78. The predicted molar refractivity (Wildman–Crippen MR) is 172 cm³/mol. The number of nitrogens with one attached hydrogen (secondary N) is 2. The summed E-state index contributed by atoms with van der Waals surface area (Å²) in [5.74, 6) is 1.31. The molecule has 2 N–H and O–H groups in total. The fourth-order valence-corrected chi connectivity index (χ4v) is 6.32. The van der Waals surface area contributed by atoms with Crippen LogP contribution in [0, 0.1) is 6.92 Å². The molecule has 0 aliphatic carbocycles. The first-order chi connectivity index (χ1) is 23.7. The number of thioether (sulfide) groups is 1. The van der Waals surface area contributed by atoms with E-state index >= 15 is 0 Å². The predicted octanol–water partition coefficient (Wildman–Crippen LogP) is 7.64. The highest BCUT2D eigenvalue weighted by Gasteiger charge is 2.32. The molecule has 0 amide bonds. The van der Waals surface area contributed by atoms with E-state index in [2.05, 4.69) is 39.4 Å². The molecule has 0 aliphatic rings. The average Bonchev–Trinajstić information content (AvgIpc) is 3.67. The molecule has 0 bridgehead atoms. The van der Waals surface area contributed by atoms with Gasteiger partial charge in [-0.1, -0.05) is 11.8 Å². The van der Waals surface area contributed by atoms with Gasteiger partial charge in [-0.2, -0.15) is 0 Å². The van der Waals surface area contributed by atoms with Crippen molar-refractivity contribution < 1.29 is 49.5 Å². The second-order valence-corrected chi connectivity index (χ2v) is 12.4. The van der Waals surface area contributed by atoms with Crippen LogP contribution >= 0.6 is 11.8 Å². The van der Waals surface area contributed by atoms with Gasteiger partial charge in [-0.25, -0.2) is 9.97 Å². The highest BCUT2D eigenvalue weighted by molar-refractivity contribution is 7.98. The van der Waals surface area contributed by atoms with Gasteiger partial charge < -0.3 is 28.9 Å². The first kappa shape index (κ1) is 36.2. The van der Waals surface area contributed by atoms with E-state index in [0.29, 0.717) is 44.4 Å². The van der Waals surface area contributed by atoms with E-state index in [9.17, 15) is 30.6 Å². The number of aromatic nitrogens is 6. The van der Waals surface area contributed by atoms with Crippen molar-refractivity contribution in [2.45, 2.75) is 41.5 Å². The molecule has 2 aromatic carbocycles. The number of alkyl halides is 6. The van der Waals surface area contributed by atoms with Crippen molar-refractivity contribution in [3.05, 3.63) is 83.9 Å². The summed E-state index contributed by atoms with van der Waals surface area (Å²) in [5, 5.41) is 0.729. The van der Waals surface area contributed by atoms with Crippen LogP contribution in [0.3, 0.4) is 0 Å². The summed E-state index contributed by atoms with van der Waals surface area (Å²) < 4.78 is 104. The van der Waals surface area contributed by atoms with Crippen molar-refractivity contribution >= 4 is 44.6 Å². The number of benzene rings is 2. The van der Waals surface area contributed by atoms with Crippen LogP contribution < -0.4 is 18.9 Å². The highest BCUT2D eigenvalue weighted by atomic mass is 32.2. The van der Waals surface area contributed by atoms with E-state index in [4.69, 9.17) is 9.47 Å². The van der Waals surface area contributed by atoms with Crippen molar-refractivity contribution in [3.8, 4) is 23.0 Å². The Morgan fingerprint density at radius 3 is 2.00 bits per heavy atom.